The number of nitrogens with zero attached hydrogens (tertiary/aromatic N) is 3. The van der Waals surface area contributed by atoms with Gasteiger partial charge in [-0.2, -0.15) is 10.2 Å². The van der Waals surface area contributed by atoms with Crippen LogP contribution in [0.4, 0.5) is 5.69 Å². The molecule has 0 saturated carbocycles. The third-order valence-corrected chi connectivity index (χ3v) is 5.02. The van der Waals surface area contributed by atoms with E-state index in [-0.39, 0.29) is 27.1 Å². The fourth-order valence-electron chi connectivity index (χ4n) is 2.80. The Morgan fingerprint density at radius 3 is 2.48 bits per heavy atom. The van der Waals surface area contributed by atoms with Crippen LogP contribution in [0.1, 0.15) is 23.0 Å². The lowest BCUT2D eigenvalue weighted by Crippen LogP contribution is -2.25. The van der Waals surface area contributed by atoms with Gasteiger partial charge in [0.1, 0.15) is 5.69 Å². The molecule has 31 heavy (non-hydrogen) atoms. The molecule has 0 unspecified atom stereocenters. The molecule has 11 heteroatoms. The van der Waals surface area contributed by atoms with Crippen molar-refractivity contribution in [2.45, 2.75) is 6.92 Å². The van der Waals surface area contributed by atoms with Crippen LogP contribution in [0.5, 0.6) is 5.75 Å². The van der Waals surface area contributed by atoms with E-state index < -0.39 is 5.97 Å². The van der Waals surface area contributed by atoms with E-state index in [1.807, 2.05) is 0 Å². The zero-order valence-corrected chi connectivity index (χ0v) is 18.7. The van der Waals surface area contributed by atoms with E-state index in [2.05, 4.69) is 20.9 Å². The molecule has 0 aliphatic carbocycles. The number of benzene rings is 2. The zero-order valence-electron chi connectivity index (χ0n) is 16.3. The molecule has 0 aliphatic rings. The van der Waals surface area contributed by atoms with Crippen LogP contribution in [0.2, 0.25) is 10.0 Å². The van der Waals surface area contributed by atoms with Crippen LogP contribution in [0, 0.1) is 0 Å². The SMILES string of the molecule is CC(=NNC(=S)Nc1ccc(C(=O)O)c(Cl)c1)c1nn(C)c(-c2ccc(Cl)cc2)c1O. The number of anilines is 1. The number of aryl methyl sites for hydroxylation is 1. The summed E-state index contributed by atoms with van der Waals surface area (Å²) in [5.74, 6) is -1.14. The number of hydrazone groups is 1. The van der Waals surface area contributed by atoms with Crippen molar-refractivity contribution in [1.82, 2.24) is 15.2 Å². The number of carboxylic acid groups (broad SMARTS) is 1. The highest BCUT2D eigenvalue weighted by molar-refractivity contribution is 7.80. The molecule has 0 aliphatic heterocycles. The monoisotopic (exact) mass is 477 g/mol. The van der Waals surface area contributed by atoms with Crippen LogP contribution in [0.15, 0.2) is 47.6 Å². The first-order chi connectivity index (χ1) is 14.7. The average molecular weight is 478 g/mol. The molecule has 1 aromatic heterocycles. The average Bonchev–Trinajstić information content (AvgIpc) is 3.01. The number of rotatable bonds is 5. The van der Waals surface area contributed by atoms with E-state index in [1.165, 1.54) is 18.2 Å². The van der Waals surface area contributed by atoms with Crippen molar-refractivity contribution in [2.24, 2.45) is 12.1 Å². The minimum atomic E-state index is -1.12. The Balaban J connectivity index is 1.74. The second kappa shape index (κ2) is 9.34. The summed E-state index contributed by atoms with van der Waals surface area (Å²) < 4.78 is 1.55. The molecule has 0 spiro atoms. The van der Waals surface area contributed by atoms with Crippen molar-refractivity contribution >= 4 is 57.9 Å². The van der Waals surface area contributed by atoms with Crippen molar-refractivity contribution in [3.63, 3.8) is 0 Å². The molecule has 0 saturated heterocycles. The Morgan fingerprint density at radius 2 is 1.87 bits per heavy atom. The van der Waals surface area contributed by atoms with Gasteiger partial charge in [-0.05, 0) is 49.5 Å². The number of carboxylic acids is 1. The number of nitrogens with one attached hydrogen (secondary N) is 2. The van der Waals surface area contributed by atoms with Gasteiger partial charge in [-0.15, -0.1) is 0 Å². The zero-order chi connectivity index (χ0) is 22.7. The van der Waals surface area contributed by atoms with Crippen molar-refractivity contribution in [1.29, 1.82) is 0 Å². The number of aromatic hydroxyl groups is 1. The van der Waals surface area contributed by atoms with Gasteiger partial charge in [0, 0.05) is 23.3 Å². The van der Waals surface area contributed by atoms with E-state index in [4.69, 9.17) is 40.5 Å². The van der Waals surface area contributed by atoms with Crippen molar-refractivity contribution in [2.75, 3.05) is 5.32 Å². The number of carbonyl (C=O) groups is 1. The van der Waals surface area contributed by atoms with Gasteiger partial charge in [0.15, 0.2) is 16.6 Å². The predicted molar refractivity (Wildman–Crippen MR) is 125 cm³/mol. The first-order valence-corrected chi connectivity index (χ1v) is 10.00. The lowest BCUT2D eigenvalue weighted by molar-refractivity contribution is 0.0697. The van der Waals surface area contributed by atoms with E-state index >= 15 is 0 Å². The number of hydrogen-bond acceptors (Lipinski definition) is 5. The highest BCUT2D eigenvalue weighted by Crippen LogP contribution is 2.32. The molecule has 0 amide bonds. The molecule has 3 aromatic rings. The number of aromatic carboxylic acids is 1. The van der Waals surface area contributed by atoms with Crippen LogP contribution in [0.3, 0.4) is 0 Å². The molecule has 4 N–H and O–H groups in total. The van der Waals surface area contributed by atoms with Gasteiger partial charge in [-0.1, -0.05) is 35.3 Å². The molecule has 2 aromatic carbocycles. The van der Waals surface area contributed by atoms with Gasteiger partial charge in [0.05, 0.1) is 16.3 Å². The van der Waals surface area contributed by atoms with Gasteiger partial charge < -0.3 is 15.5 Å². The topological polar surface area (TPSA) is 112 Å². The summed E-state index contributed by atoms with van der Waals surface area (Å²) >= 11 is 17.1. The lowest BCUT2D eigenvalue weighted by Gasteiger charge is -2.09. The van der Waals surface area contributed by atoms with Crippen LogP contribution in [0.25, 0.3) is 11.3 Å². The van der Waals surface area contributed by atoms with Crippen molar-refractivity contribution < 1.29 is 15.0 Å². The summed E-state index contributed by atoms with van der Waals surface area (Å²) in [5.41, 5.74) is 5.10. The summed E-state index contributed by atoms with van der Waals surface area (Å²) in [7, 11) is 1.71. The van der Waals surface area contributed by atoms with Crippen LogP contribution >= 0.6 is 35.4 Å². The molecule has 8 nitrogen and oxygen atoms in total. The molecular formula is C20H17Cl2N5O3S. The molecule has 1 heterocycles. The first kappa shape index (κ1) is 22.5. The molecular weight excluding hydrogens is 461 g/mol. The third-order valence-electron chi connectivity index (χ3n) is 4.27. The largest absolute Gasteiger partial charge is 0.504 e. The summed E-state index contributed by atoms with van der Waals surface area (Å²) in [4.78, 5) is 11.0. The molecule has 3 rings (SSSR count). The standard InChI is InChI=1S/C20H17Cl2N5O3S/c1-10(16-18(28)17(27(2)26-16)11-3-5-12(21)6-4-11)24-25-20(31)23-13-7-8-14(19(29)30)15(22)9-13/h3-9,28H,1-2H3,(H,29,30)(H2,23,25,31). The second-order valence-electron chi connectivity index (χ2n) is 6.44. The van der Waals surface area contributed by atoms with Gasteiger partial charge in [-0.3, -0.25) is 10.1 Å². The Labute approximate surface area is 193 Å². The van der Waals surface area contributed by atoms with E-state index in [0.717, 1.165) is 5.56 Å². The molecule has 0 radical (unpaired) electrons. The Kier molecular flexibility index (Phi) is 6.79. The minimum Gasteiger partial charge on any atom is -0.504 e. The maximum absolute atomic E-state index is 11.0. The van der Waals surface area contributed by atoms with Gasteiger partial charge in [0.25, 0.3) is 0 Å². The molecule has 0 atom stereocenters. The van der Waals surface area contributed by atoms with E-state index in [1.54, 1.807) is 42.9 Å². The summed E-state index contributed by atoms with van der Waals surface area (Å²) in [6.45, 7) is 1.67. The maximum Gasteiger partial charge on any atom is 0.337 e. The van der Waals surface area contributed by atoms with Gasteiger partial charge in [-0.25, -0.2) is 4.79 Å². The number of aromatic nitrogens is 2. The maximum atomic E-state index is 11.0. The quantitative estimate of drug-likeness (QED) is 0.243. The first-order valence-electron chi connectivity index (χ1n) is 8.83. The Morgan fingerprint density at radius 1 is 1.19 bits per heavy atom. The Hall–Kier alpha value is -3.14. The normalized spacial score (nSPS) is 11.3. The molecule has 160 valence electrons. The summed E-state index contributed by atoms with van der Waals surface area (Å²) in [5, 5.41) is 31.9. The Bertz CT molecular complexity index is 1190. The predicted octanol–water partition coefficient (Wildman–Crippen LogP) is 4.51. The highest BCUT2D eigenvalue weighted by atomic mass is 35.5. The van der Waals surface area contributed by atoms with Crippen molar-refractivity contribution in [3.8, 4) is 17.0 Å². The summed E-state index contributed by atoms with van der Waals surface area (Å²) in [6.07, 6.45) is 0. The number of hydrogen-bond donors (Lipinski definition) is 4. The smallest absolute Gasteiger partial charge is 0.337 e. The fourth-order valence-corrected chi connectivity index (χ4v) is 3.35. The van der Waals surface area contributed by atoms with Crippen molar-refractivity contribution in [3.05, 3.63) is 63.8 Å². The molecule has 0 bridgehead atoms. The van der Waals surface area contributed by atoms with Gasteiger partial charge in [0.2, 0.25) is 0 Å². The number of thiocarbonyl (C=S) groups is 1. The minimum absolute atomic E-state index is 0.0120. The van der Waals surface area contributed by atoms with Crippen LogP contribution in [-0.4, -0.2) is 36.8 Å². The second-order valence-corrected chi connectivity index (χ2v) is 7.69. The molecule has 0 fully saturated rings. The van der Waals surface area contributed by atoms with E-state index in [9.17, 15) is 9.90 Å². The summed E-state index contributed by atoms with van der Waals surface area (Å²) in [6, 6.07) is 11.4. The van der Waals surface area contributed by atoms with E-state index in [0.29, 0.717) is 22.1 Å². The van der Waals surface area contributed by atoms with Gasteiger partial charge >= 0.3 is 5.97 Å². The highest BCUT2D eigenvalue weighted by Gasteiger charge is 2.19. The van der Waals surface area contributed by atoms with Crippen LogP contribution < -0.4 is 10.7 Å². The number of halogens is 2. The fraction of sp³-hybridized carbons (Fsp3) is 0.100. The third kappa shape index (κ3) is 5.13. The van der Waals surface area contributed by atoms with Crippen LogP contribution in [-0.2, 0) is 7.05 Å². The lowest BCUT2D eigenvalue weighted by atomic mass is 10.1.